The lowest BCUT2D eigenvalue weighted by molar-refractivity contribution is 0.103. The minimum atomic E-state index is -0.293. The number of aromatic nitrogens is 3. The summed E-state index contributed by atoms with van der Waals surface area (Å²) in [6.45, 7) is 13.2. The lowest BCUT2D eigenvalue weighted by Gasteiger charge is -2.40. The van der Waals surface area contributed by atoms with Crippen LogP contribution < -0.4 is 15.5 Å². The van der Waals surface area contributed by atoms with Crippen molar-refractivity contribution in [1.29, 1.82) is 0 Å². The van der Waals surface area contributed by atoms with Gasteiger partial charge in [0.25, 0.3) is 5.91 Å². The smallest absolute Gasteiger partial charge is 0.267 e. The molecule has 3 heterocycles. The third-order valence-electron chi connectivity index (χ3n) is 6.90. The van der Waals surface area contributed by atoms with Gasteiger partial charge in [-0.15, -0.1) is 0 Å². The quantitative estimate of drug-likeness (QED) is 0.343. The van der Waals surface area contributed by atoms with Gasteiger partial charge in [0.05, 0.1) is 24.9 Å². The van der Waals surface area contributed by atoms with Crippen LogP contribution in [0.3, 0.4) is 0 Å². The number of aliphatic hydroxyl groups is 1. The number of nitrogens with one attached hydrogen (secondary N) is 2. The second kappa shape index (κ2) is 12.4. The van der Waals surface area contributed by atoms with Crippen molar-refractivity contribution in [2.75, 3.05) is 48.3 Å². The Balaban J connectivity index is 1.55. The fraction of sp³-hybridized carbons (Fsp3) is 0.481. The summed E-state index contributed by atoms with van der Waals surface area (Å²) in [5, 5.41) is 16.4. The first-order valence-corrected chi connectivity index (χ1v) is 14.2. The van der Waals surface area contributed by atoms with Crippen molar-refractivity contribution in [1.82, 2.24) is 19.9 Å². The minimum absolute atomic E-state index is 0.127. The van der Waals surface area contributed by atoms with E-state index in [4.69, 9.17) is 13.0 Å². The molecule has 3 N–H and O–H groups in total. The van der Waals surface area contributed by atoms with Crippen molar-refractivity contribution in [3.63, 3.8) is 0 Å². The summed E-state index contributed by atoms with van der Waals surface area (Å²) in [6.07, 6.45) is 2.87. The second-order valence-electron chi connectivity index (χ2n) is 9.47. The number of thiazole rings is 1. The standard InChI is InChI=1S/C27H36ClN7O2S/c1-6-19-18(5)16(3)12-20(28)25(19)33-26(37)21-14-29-27(38-21)32-23-13-24(31-22(7-2)30-23)35-9-8-34(10-11-36)15-17(35)4/h12-14,17,36H,6-11,15H2,1-5H3,(H,33,37)(H,29,30,31,32)/i13D. The lowest BCUT2D eigenvalue weighted by atomic mass is 9.99. The minimum Gasteiger partial charge on any atom is -0.395 e. The number of benzene rings is 1. The van der Waals surface area contributed by atoms with Crippen LogP contribution in [0.5, 0.6) is 0 Å². The number of piperazine rings is 1. The van der Waals surface area contributed by atoms with Gasteiger partial charge in [-0.1, -0.05) is 36.8 Å². The van der Waals surface area contributed by atoms with Gasteiger partial charge in [-0.2, -0.15) is 0 Å². The number of carbonyl (C=O) groups is 1. The van der Waals surface area contributed by atoms with Gasteiger partial charge in [0.1, 0.15) is 22.3 Å². The van der Waals surface area contributed by atoms with E-state index in [1.165, 1.54) is 17.5 Å². The fourth-order valence-electron chi connectivity index (χ4n) is 4.71. The summed E-state index contributed by atoms with van der Waals surface area (Å²) >= 11 is 7.68. The van der Waals surface area contributed by atoms with Crippen LogP contribution in [0.2, 0.25) is 5.02 Å². The Morgan fingerprint density at radius 2 is 2.08 bits per heavy atom. The Bertz CT molecular complexity index is 1350. The first kappa shape index (κ1) is 26.8. The van der Waals surface area contributed by atoms with Crippen LogP contribution in [0.25, 0.3) is 0 Å². The summed E-state index contributed by atoms with van der Waals surface area (Å²) in [6, 6.07) is 2.18. The number of rotatable bonds is 9. The molecule has 0 saturated carbocycles. The van der Waals surface area contributed by atoms with Crippen molar-refractivity contribution < 1.29 is 11.3 Å². The molecule has 1 fully saturated rings. The third-order valence-corrected chi connectivity index (χ3v) is 8.11. The molecule has 2 aromatic heterocycles. The maximum absolute atomic E-state index is 13.1. The van der Waals surface area contributed by atoms with Crippen molar-refractivity contribution in [3.8, 4) is 0 Å². The highest BCUT2D eigenvalue weighted by Crippen LogP contribution is 2.33. The Morgan fingerprint density at radius 3 is 2.76 bits per heavy atom. The Hall–Kier alpha value is -2.79. The topological polar surface area (TPSA) is 107 Å². The zero-order valence-corrected chi connectivity index (χ0v) is 24.1. The number of carbonyl (C=O) groups excluding carboxylic acids is 1. The normalized spacial score (nSPS) is 16.4. The van der Waals surface area contributed by atoms with Crippen molar-refractivity contribution in [3.05, 3.63) is 50.7 Å². The number of amides is 1. The first-order chi connectivity index (χ1) is 18.7. The van der Waals surface area contributed by atoms with Crippen LogP contribution in [0.1, 0.15) is 54.3 Å². The molecule has 0 aliphatic carbocycles. The van der Waals surface area contributed by atoms with E-state index in [9.17, 15) is 9.90 Å². The highest BCUT2D eigenvalue weighted by Gasteiger charge is 2.25. The number of halogens is 1. The summed E-state index contributed by atoms with van der Waals surface area (Å²) in [5.41, 5.74) is 3.84. The molecule has 1 saturated heterocycles. The van der Waals surface area contributed by atoms with Crippen LogP contribution in [-0.4, -0.2) is 69.7 Å². The maximum atomic E-state index is 13.1. The number of β-amino-alcohol motifs (C(OH)–C–C–N with tert-alkyl or cyclic N) is 1. The third kappa shape index (κ3) is 6.26. The molecule has 38 heavy (non-hydrogen) atoms. The number of anilines is 4. The van der Waals surface area contributed by atoms with Gasteiger partial charge in [-0.05, 0) is 49.9 Å². The maximum Gasteiger partial charge on any atom is 0.267 e. The largest absolute Gasteiger partial charge is 0.395 e. The molecule has 204 valence electrons. The number of hydrogen-bond donors (Lipinski definition) is 3. The molecule has 0 bridgehead atoms. The molecule has 1 aliphatic heterocycles. The zero-order chi connectivity index (χ0) is 28.3. The van der Waals surface area contributed by atoms with E-state index in [0.29, 0.717) is 57.7 Å². The predicted molar refractivity (Wildman–Crippen MR) is 155 cm³/mol. The van der Waals surface area contributed by atoms with Crippen LogP contribution in [0.15, 0.2) is 18.3 Å². The van der Waals surface area contributed by atoms with E-state index >= 15 is 0 Å². The van der Waals surface area contributed by atoms with Gasteiger partial charge in [-0.25, -0.2) is 15.0 Å². The molecule has 3 aromatic rings. The Morgan fingerprint density at radius 1 is 1.29 bits per heavy atom. The summed E-state index contributed by atoms with van der Waals surface area (Å²) < 4.78 is 8.87. The molecular formula is C27H36ClN7O2S. The summed E-state index contributed by atoms with van der Waals surface area (Å²) in [7, 11) is 0. The van der Waals surface area contributed by atoms with Gasteiger partial charge in [0.15, 0.2) is 5.13 Å². The van der Waals surface area contributed by atoms with E-state index in [1.54, 1.807) is 0 Å². The average Bonchev–Trinajstić information content (AvgIpc) is 3.38. The molecule has 4 rings (SSSR count). The van der Waals surface area contributed by atoms with E-state index < -0.39 is 0 Å². The van der Waals surface area contributed by atoms with E-state index in [1.807, 2.05) is 33.8 Å². The van der Waals surface area contributed by atoms with E-state index in [2.05, 4.69) is 42.3 Å². The fourth-order valence-corrected chi connectivity index (χ4v) is 5.75. The monoisotopic (exact) mass is 558 g/mol. The molecule has 0 radical (unpaired) electrons. The van der Waals surface area contributed by atoms with Crippen molar-refractivity contribution in [2.24, 2.45) is 0 Å². The van der Waals surface area contributed by atoms with E-state index in [-0.39, 0.29) is 24.6 Å². The van der Waals surface area contributed by atoms with Crippen LogP contribution >= 0.6 is 22.9 Å². The van der Waals surface area contributed by atoms with Gasteiger partial charge in [0.2, 0.25) is 0 Å². The van der Waals surface area contributed by atoms with Gasteiger partial charge < -0.3 is 20.6 Å². The van der Waals surface area contributed by atoms with Gasteiger partial charge in [0, 0.05) is 44.7 Å². The molecule has 1 amide bonds. The molecule has 1 unspecified atom stereocenters. The molecule has 1 aromatic carbocycles. The molecule has 1 aliphatic rings. The Labute approximate surface area is 234 Å². The van der Waals surface area contributed by atoms with Gasteiger partial charge in [-0.3, -0.25) is 9.69 Å². The molecular weight excluding hydrogens is 522 g/mol. The molecule has 0 spiro atoms. The highest BCUT2D eigenvalue weighted by molar-refractivity contribution is 7.17. The number of nitrogens with zero attached hydrogens (tertiary/aromatic N) is 5. The van der Waals surface area contributed by atoms with Crippen molar-refractivity contribution in [2.45, 2.75) is 53.5 Å². The van der Waals surface area contributed by atoms with Crippen LogP contribution in [0, 0.1) is 13.8 Å². The number of hydrogen-bond acceptors (Lipinski definition) is 9. The number of aryl methyl sites for hydroxylation is 2. The molecule has 9 nitrogen and oxygen atoms in total. The van der Waals surface area contributed by atoms with E-state index in [0.717, 1.165) is 36.2 Å². The predicted octanol–water partition coefficient (Wildman–Crippen LogP) is 4.83. The SMILES string of the molecule is [2H]c1c(Nc2ncc(C(=O)Nc3c(Cl)cc(C)c(C)c3CC)s2)nc(CC)nc1N1CCN(CCO)CC1C. The summed E-state index contributed by atoms with van der Waals surface area (Å²) in [5.74, 6) is 1.26. The summed E-state index contributed by atoms with van der Waals surface area (Å²) in [4.78, 5) is 31.5. The van der Waals surface area contributed by atoms with Gasteiger partial charge >= 0.3 is 0 Å². The highest BCUT2D eigenvalue weighted by atomic mass is 35.5. The van der Waals surface area contributed by atoms with Crippen molar-refractivity contribution >= 4 is 51.3 Å². The lowest BCUT2D eigenvalue weighted by Crippen LogP contribution is -2.52. The Kier molecular flexibility index (Phi) is 8.73. The first-order valence-electron chi connectivity index (χ1n) is 13.5. The average molecular weight is 559 g/mol. The zero-order valence-electron chi connectivity index (χ0n) is 23.6. The molecule has 1 atom stereocenters. The molecule has 11 heteroatoms. The van der Waals surface area contributed by atoms with Crippen LogP contribution in [0.4, 0.5) is 22.5 Å². The number of aliphatic hydroxyl groups excluding tert-OH is 1. The van der Waals surface area contributed by atoms with Crippen LogP contribution in [-0.2, 0) is 12.8 Å². The second-order valence-corrected chi connectivity index (χ2v) is 10.9.